The number of piperidine rings is 1. The molecule has 8 heteroatoms. The zero-order chi connectivity index (χ0) is 18.1. The van der Waals surface area contributed by atoms with E-state index < -0.39 is 5.41 Å². The highest BCUT2D eigenvalue weighted by molar-refractivity contribution is 5.85. The number of carbonyl (C=O) groups is 1. The molecule has 144 valence electrons. The molecule has 0 aromatic carbocycles. The molecule has 0 unspecified atom stereocenters. The number of carbonyl (C=O) groups excluding carboxylic acids is 1. The maximum atomic E-state index is 12.6. The fraction of sp³-hybridized carbons (Fsp3) is 0.833. The number of ether oxygens (including phenoxy) is 1. The number of nitrogens with zero attached hydrogens (tertiary/aromatic N) is 5. The van der Waals surface area contributed by atoms with Crippen LogP contribution in [0.25, 0.3) is 0 Å². The fourth-order valence-corrected chi connectivity index (χ4v) is 4.09. The second-order valence-electron chi connectivity index (χ2n) is 7.93. The molecule has 2 aliphatic heterocycles. The van der Waals surface area contributed by atoms with E-state index in [0.717, 1.165) is 83.3 Å². The number of hydrogen-bond donors (Lipinski definition) is 1. The molecule has 0 spiro atoms. The highest BCUT2D eigenvalue weighted by atomic mass is 16.5. The van der Waals surface area contributed by atoms with Crippen LogP contribution in [-0.4, -0.2) is 81.6 Å². The highest BCUT2D eigenvalue weighted by Gasteiger charge is 2.51. The average Bonchev–Trinajstić information content (AvgIpc) is 3.41. The second kappa shape index (κ2) is 7.25. The molecule has 1 saturated carbocycles. The number of aliphatic hydroxyl groups is 1. The molecule has 1 aliphatic carbocycles. The lowest BCUT2D eigenvalue weighted by Crippen LogP contribution is -2.43. The first-order valence-corrected chi connectivity index (χ1v) is 9.71. The van der Waals surface area contributed by atoms with Gasteiger partial charge in [0.1, 0.15) is 11.6 Å². The van der Waals surface area contributed by atoms with E-state index in [0.29, 0.717) is 5.92 Å². The molecule has 1 N–H and O–H groups in total. The van der Waals surface area contributed by atoms with Crippen LogP contribution in [0.2, 0.25) is 0 Å². The van der Waals surface area contributed by atoms with Gasteiger partial charge in [0.2, 0.25) is 5.91 Å². The minimum absolute atomic E-state index is 0.0139. The third-order valence-electron chi connectivity index (χ3n) is 6.22. The standard InChI is InChI=1S/C18H29N5O3/c1-21-15(12-22-8-10-26-11-9-22)19-20-16(21)14-2-6-23(7-3-14)17(25)18(13-24)4-5-18/h14,24H,2-13H2,1H3. The molecule has 3 fully saturated rings. The lowest BCUT2D eigenvalue weighted by Gasteiger charge is -2.33. The van der Waals surface area contributed by atoms with Gasteiger partial charge in [0.25, 0.3) is 0 Å². The molecule has 8 nitrogen and oxygen atoms in total. The molecule has 3 heterocycles. The zero-order valence-electron chi connectivity index (χ0n) is 15.6. The van der Waals surface area contributed by atoms with Crippen molar-refractivity contribution in [2.24, 2.45) is 12.5 Å². The number of hydrogen-bond acceptors (Lipinski definition) is 6. The van der Waals surface area contributed by atoms with Crippen molar-refractivity contribution in [1.29, 1.82) is 0 Å². The van der Waals surface area contributed by atoms with Gasteiger partial charge in [-0.3, -0.25) is 9.69 Å². The third kappa shape index (κ3) is 3.37. The number of likely N-dealkylation sites (tertiary alicyclic amines) is 1. The first kappa shape index (κ1) is 17.9. The van der Waals surface area contributed by atoms with Crippen molar-refractivity contribution in [2.45, 2.75) is 38.1 Å². The van der Waals surface area contributed by atoms with Crippen LogP contribution >= 0.6 is 0 Å². The molecule has 1 aromatic rings. The summed E-state index contributed by atoms with van der Waals surface area (Å²) in [7, 11) is 2.05. The minimum atomic E-state index is -0.455. The van der Waals surface area contributed by atoms with Crippen LogP contribution in [0.4, 0.5) is 0 Å². The topological polar surface area (TPSA) is 83.7 Å². The van der Waals surface area contributed by atoms with Gasteiger partial charge in [-0.15, -0.1) is 10.2 Å². The Hall–Kier alpha value is -1.51. The maximum Gasteiger partial charge on any atom is 0.231 e. The van der Waals surface area contributed by atoms with Gasteiger partial charge in [-0.25, -0.2) is 0 Å². The van der Waals surface area contributed by atoms with E-state index >= 15 is 0 Å². The van der Waals surface area contributed by atoms with Gasteiger partial charge in [-0.05, 0) is 25.7 Å². The zero-order valence-corrected chi connectivity index (χ0v) is 15.6. The Morgan fingerprint density at radius 3 is 2.50 bits per heavy atom. The van der Waals surface area contributed by atoms with Crippen molar-refractivity contribution in [2.75, 3.05) is 46.0 Å². The van der Waals surface area contributed by atoms with Gasteiger partial charge in [-0.1, -0.05) is 0 Å². The van der Waals surface area contributed by atoms with Crippen LogP contribution in [0.15, 0.2) is 0 Å². The average molecular weight is 363 g/mol. The van der Waals surface area contributed by atoms with Gasteiger partial charge >= 0.3 is 0 Å². The van der Waals surface area contributed by atoms with Gasteiger partial charge in [-0.2, -0.15) is 0 Å². The predicted octanol–water partition coefficient (Wildman–Crippen LogP) is 0.126. The summed E-state index contributed by atoms with van der Waals surface area (Å²) in [5.41, 5.74) is -0.455. The number of rotatable bonds is 5. The lowest BCUT2D eigenvalue weighted by atomic mass is 9.94. The second-order valence-corrected chi connectivity index (χ2v) is 7.93. The van der Waals surface area contributed by atoms with Crippen LogP contribution < -0.4 is 0 Å². The summed E-state index contributed by atoms with van der Waals surface area (Å²) >= 11 is 0. The maximum absolute atomic E-state index is 12.6. The minimum Gasteiger partial charge on any atom is -0.395 e. The monoisotopic (exact) mass is 363 g/mol. The van der Waals surface area contributed by atoms with Crippen molar-refractivity contribution in [3.05, 3.63) is 11.6 Å². The van der Waals surface area contributed by atoms with E-state index in [2.05, 4.69) is 19.7 Å². The van der Waals surface area contributed by atoms with Crippen LogP contribution in [0.1, 0.15) is 43.3 Å². The Kier molecular flexibility index (Phi) is 4.98. The number of aromatic nitrogens is 3. The van der Waals surface area contributed by atoms with E-state index in [1.807, 2.05) is 11.9 Å². The molecule has 4 rings (SSSR count). The molecule has 26 heavy (non-hydrogen) atoms. The number of aliphatic hydroxyl groups excluding tert-OH is 1. The van der Waals surface area contributed by atoms with Crippen molar-refractivity contribution in [3.63, 3.8) is 0 Å². The summed E-state index contributed by atoms with van der Waals surface area (Å²) in [6.07, 6.45) is 3.49. The Morgan fingerprint density at radius 2 is 1.88 bits per heavy atom. The van der Waals surface area contributed by atoms with Crippen LogP contribution in [-0.2, 0) is 23.1 Å². The van der Waals surface area contributed by atoms with Crippen LogP contribution in [0.5, 0.6) is 0 Å². The first-order valence-electron chi connectivity index (χ1n) is 9.71. The first-order chi connectivity index (χ1) is 12.6. The Balaban J connectivity index is 1.35. The van der Waals surface area contributed by atoms with Crippen LogP contribution in [0, 0.1) is 5.41 Å². The Bertz CT molecular complexity index is 643. The summed E-state index contributed by atoms with van der Waals surface area (Å²) in [6, 6.07) is 0. The highest BCUT2D eigenvalue weighted by Crippen LogP contribution is 2.47. The summed E-state index contributed by atoms with van der Waals surface area (Å²) in [6.45, 7) is 5.74. The normalized spacial score (nSPS) is 24.0. The number of amides is 1. The van der Waals surface area contributed by atoms with E-state index in [1.54, 1.807) is 0 Å². The van der Waals surface area contributed by atoms with Gasteiger partial charge in [0.15, 0.2) is 0 Å². The van der Waals surface area contributed by atoms with Crippen molar-refractivity contribution in [1.82, 2.24) is 24.6 Å². The van der Waals surface area contributed by atoms with Crippen molar-refractivity contribution < 1.29 is 14.6 Å². The Morgan fingerprint density at radius 1 is 1.19 bits per heavy atom. The largest absolute Gasteiger partial charge is 0.395 e. The van der Waals surface area contributed by atoms with Crippen molar-refractivity contribution >= 4 is 5.91 Å². The summed E-state index contributed by atoms with van der Waals surface area (Å²) in [5.74, 6) is 2.52. The summed E-state index contributed by atoms with van der Waals surface area (Å²) < 4.78 is 7.53. The van der Waals surface area contributed by atoms with Crippen LogP contribution in [0.3, 0.4) is 0 Å². The molecular weight excluding hydrogens is 334 g/mol. The quantitative estimate of drug-likeness (QED) is 0.800. The molecule has 3 aliphatic rings. The SMILES string of the molecule is Cn1c(CN2CCOCC2)nnc1C1CCN(C(=O)C2(CO)CC2)CC1. The molecule has 1 aromatic heterocycles. The predicted molar refractivity (Wildman–Crippen MR) is 94.4 cm³/mol. The summed E-state index contributed by atoms with van der Waals surface area (Å²) in [4.78, 5) is 16.9. The molecule has 0 atom stereocenters. The molecule has 1 amide bonds. The van der Waals surface area contributed by atoms with E-state index in [4.69, 9.17) is 4.74 Å². The molecule has 0 bridgehead atoms. The van der Waals surface area contributed by atoms with E-state index in [1.165, 1.54) is 0 Å². The van der Waals surface area contributed by atoms with E-state index in [9.17, 15) is 9.90 Å². The van der Waals surface area contributed by atoms with Gasteiger partial charge in [0.05, 0.1) is 31.8 Å². The molecule has 2 saturated heterocycles. The fourth-order valence-electron chi connectivity index (χ4n) is 4.09. The molecule has 0 radical (unpaired) electrons. The smallest absolute Gasteiger partial charge is 0.231 e. The van der Waals surface area contributed by atoms with Gasteiger partial charge in [0, 0.05) is 39.1 Å². The number of morpholine rings is 1. The lowest BCUT2D eigenvalue weighted by molar-refractivity contribution is -0.139. The third-order valence-corrected chi connectivity index (χ3v) is 6.22. The summed E-state index contributed by atoms with van der Waals surface area (Å²) in [5, 5.41) is 18.4. The Labute approximate surface area is 154 Å². The van der Waals surface area contributed by atoms with E-state index in [-0.39, 0.29) is 12.5 Å². The van der Waals surface area contributed by atoms with Gasteiger partial charge < -0.3 is 19.3 Å². The van der Waals surface area contributed by atoms with Crippen molar-refractivity contribution in [3.8, 4) is 0 Å². The molecular formula is C18H29N5O3.